The molecule has 3 N–H and O–H groups in total. The number of nitrogens with two attached hydrogens (primary N) is 1. The molecule has 0 saturated carbocycles. The lowest BCUT2D eigenvalue weighted by atomic mass is 10.1. The number of fused-ring (bicyclic) bond motifs is 1. The number of para-hydroxylation sites is 1. The minimum absolute atomic E-state index is 0.160. The first-order chi connectivity index (χ1) is 12.7. The number of carbonyl (C=O) groups is 1. The molecule has 0 bridgehead atoms. The van der Waals surface area contributed by atoms with Crippen molar-refractivity contribution in [3.05, 3.63) is 84.4 Å². The van der Waals surface area contributed by atoms with Crippen molar-refractivity contribution in [3.8, 4) is 5.69 Å². The van der Waals surface area contributed by atoms with E-state index < -0.39 is 0 Å². The Morgan fingerprint density at radius 1 is 1.04 bits per heavy atom. The molecule has 0 radical (unpaired) electrons. The van der Waals surface area contributed by atoms with Crippen LogP contribution in [0.3, 0.4) is 0 Å². The van der Waals surface area contributed by atoms with E-state index in [2.05, 4.69) is 15.3 Å². The number of carbonyl (C=O) groups excluding carboxylic acids is 1. The molecule has 0 aliphatic heterocycles. The van der Waals surface area contributed by atoms with E-state index in [1.807, 2.05) is 59.2 Å². The number of nitrogens with zero attached hydrogens (tertiary/aromatic N) is 3. The van der Waals surface area contributed by atoms with Gasteiger partial charge in [-0.1, -0.05) is 24.3 Å². The van der Waals surface area contributed by atoms with Crippen LogP contribution in [-0.2, 0) is 6.54 Å². The lowest BCUT2D eigenvalue weighted by molar-refractivity contribution is 0.102. The van der Waals surface area contributed by atoms with Gasteiger partial charge in [-0.2, -0.15) is 0 Å². The third-order valence-corrected chi connectivity index (χ3v) is 4.12. The molecule has 26 heavy (non-hydrogen) atoms. The Labute approximate surface area is 150 Å². The van der Waals surface area contributed by atoms with Crippen LogP contribution in [0.2, 0.25) is 0 Å². The van der Waals surface area contributed by atoms with Crippen LogP contribution in [0.15, 0.2) is 73.2 Å². The third-order valence-electron chi connectivity index (χ3n) is 4.12. The highest BCUT2D eigenvalue weighted by Gasteiger charge is 2.10. The molecule has 0 spiro atoms. The van der Waals surface area contributed by atoms with Gasteiger partial charge in [-0.3, -0.25) is 14.3 Å². The molecule has 0 fully saturated rings. The predicted molar refractivity (Wildman–Crippen MR) is 101 cm³/mol. The molecule has 1 amide bonds. The van der Waals surface area contributed by atoms with Gasteiger partial charge >= 0.3 is 0 Å². The van der Waals surface area contributed by atoms with Crippen LogP contribution in [0, 0.1) is 0 Å². The van der Waals surface area contributed by atoms with Gasteiger partial charge in [-0.15, -0.1) is 0 Å². The van der Waals surface area contributed by atoms with E-state index in [9.17, 15) is 4.79 Å². The molecule has 128 valence electrons. The first-order valence-electron chi connectivity index (χ1n) is 8.23. The summed E-state index contributed by atoms with van der Waals surface area (Å²) in [5.41, 5.74) is 10.3. The standard InChI is InChI=1S/C20H17N5O/c21-11-16-10-19-18(12-22-16)23-13-25(19)17-8-4-5-14(9-17)20(26)24-15-6-2-1-3-7-15/h1-10,12-13H,11,21H2,(H,24,26). The topological polar surface area (TPSA) is 85.8 Å². The van der Waals surface area contributed by atoms with Crippen LogP contribution in [0.25, 0.3) is 16.7 Å². The van der Waals surface area contributed by atoms with Gasteiger partial charge in [-0.25, -0.2) is 4.98 Å². The average molecular weight is 343 g/mol. The number of hydrogen-bond acceptors (Lipinski definition) is 4. The van der Waals surface area contributed by atoms with E-state index in [0.717, 1.165) is 28.1 Å². The molecule has 2 aromatic heterocycles. The molecule has 0 unspecified atom stereocenters. The van der Waals surface area contributed by atoms with Crippen molar-refractivity contribution in [1.29, 1.82) is 0 Å². The van der Waals surface area contributed by atoms with Crippen molar-refractivity contribution < 1.29 is 4.79 Å². The van der Waals surface area contributed by atoms with E-state index in [0.29, 0.717) is 12.1 Å². The Kier molecular flexibility index (Phi) is 4.17. The summed E-state index contributed by atoms with van der Waals surface area (Å²) in [6.07, 6.45) is 3.43. The Balaban J connectivity index is 1.69. The van der Waals surface area contributed by atoms with Crippen LogP contribution in [0.4, 0.5) is 5.69 Å². The van der Waals surface area contributed by atoms with Gasteiger partial charge in [0.2, 0.25) is 0 Å². The normalized spacial score (nSPS) is 10.8. The lowest BCUT2D eigenvalue weighted by Crippen LogP contribution is -2.12. The second-order valence-corrected chi connectivity index (χ2v) is 5.85. The van der Waals surface area contributed by atoms with Crippen LogP contribution in [0.5, 0.6) is 0 Å². The number of amides is 1. The zero-order chi connectivity index (χ0) is 17.9. The lowest BCUT2D eigenvalue weighted by Gasteiger charge is -2.09. The number of imidazole rings is 1. The summed E-state index contributed by atoms with van der Waals surface area (Å²) in [5, 5.41) is 2.90. The summed E-state index contributed by atoms with van der Waals surface area (Å²) in [4.78, 5) is 21.2. The number of benzene rings is 2. The van der Waals surface area contributed by atoms with Crippen molar-refractivity contribution in [3.63, 3.8) is 0 Å². The second-order valence-electron chi connectivity index (χ2n) is 5.85. The summed E-state index contributed by atoms with van der Waals surface area (Å²) in [6, 6.07) is 18.7. The van der Waals surface area contributed by atoms with E-state index in [1.165, 1.54) is 0 Å². The molecule has 2 aromatic carbocycles. The molecule has 0 saturated heterocycles. The quantitative estimate of drug-likeness (QED) is 0.596. The van der Waals surface area contributed by atoms with E-state index in [-0.39, 0.29) is 5.91 Å². The largest absolute Gasteiger partial charge is 0.325 e. The predicted octanol–water partition coefficient (Wildman–Crippen LogP) is 3.13. The van der Waals surface area contributed by atoms with Gasteiger partial charge in [0.1, 0.15) is 11.8 Å². The van der Waals surface area contributed by atoms with Gasteiger partial charge in [0.05, 0.1) is 17.4 Å². The highest BCUT2D eigenvalue weighted by Crippen LogP contribution is 2.20. The average Bonchev–Trinajstić information content (AvgIpc) is 3.12. The smallest absolute Gasteiger partial charge is 0.255 e. The Bertz CT molecular complexity index is 1070. The van der Waals surface area contributed by atoms with Crippen LogP contribution < -0.4 is 11.1 Å². The van der Waals surface area contributed by atoms with Gasteiger partial charge < -0.3 is 11.1 Å². The fourth-order valence-electron chi connectivity index (χ4n) is 2.79. The van der Waals surface area contributed by atoms with Crippen molar-refractivity contribution in [2.75, 3.05) is 5.32 Å². The maximum atomic E-state index is 12.5. The van der Waals surface area contributed by atoms with Crippen LogP contribution in [0.1, 0.15) is 16.1 Å². The summed E-state index contributed by atoms with van der Waals surface area (Å²) in [7, 11) is 0. The first kappa shape index (κ1) is 16.0. The zero-order valence-corrected chi connectivity index (χ0v) is 14.0. The van der Waals surface area contributed by atoms with E-state index >= 15 is 0 Å². The molecule has 0 aliphatic carbocycles. The molecule has 2 heterocycles. The number of aromatic nitrogens is 3. The number of anilines is 1. The van der Waals surface area contributed by atoms with Crippen molar-refractivity contribution in [2.24, 2.45) is 5.73 Å². The number of rotatable bonds is 4. The molecule has 0 aliphatic rings. The maximum absolute atomic E-state index is 12.5. The SMILES string of the molecule is NCc1cc2c(cn1)ncn2-c1cccc(C(=O)Nc2ccccc2)c1. The molecule has 6 nitrogen and oxygen atoms in total. The molecule has 6 heteroatoms. The molecular formula is C20H17N5O. The van der Waals surface area contributed by atoms with Gasteiger partial charge in [0.15, 0.2) is 0 Å². The monoisotopic (exact) mass is 343 g/mol. The Morgan fingerprint density at radius 3 is 2.69 bits per heavy atom. The molecule has 4 rings (SSSR count). The highest BCUT2D eigenvalue weighted by atomic mass is 16.1. The maximum Gasteiger partial charge on any atom is 0.255 e. The zero-order valence-electron chi connectivity index (χ0n) is 14.0. The van der Waals surface area contributed by atoms with Gasteiger partial charge in [0, 0.05) is 23.5 Å². The fourth-order valence-corrected chi connectivity index (χ4v) is 2.79. The summed E-state index contributed by atoms with van der Waals surface area (Å²) < 4.78 is 1.93. The van der Waals surface area contributed by atoms with Crippen LogP contribution in [-0.4, -0.2) is 20.4 Å². The third kappa shape index (κ3) is 3.05. The summed E-state index contributed by atoms with van der Waals surface area (Å²) in [6.45, 7) is 0.362. The number of nitrogens with one attached hydrogen (secondary N) is 1. The van der Waals surface area contributed by atoms with E-state index in [1.54, 1.807) is 18.6 Å². The number of hydrogen-bond donors (Lipinski definition) is 2. The minimum Gasteiger partial charge on any atom is -0.325 e. The Morgan fingerprint density at radius 2 is 1.88 bits per heavy atom. The molecule has 0 atom stereocenters. The Hall–Kier alpha value is -3.51. The molecule has 4 aromatic rings. The van der Waals surface area contributed by atoms with Crippen molar-refractivity contribution in [1.82, 2.24) is 14.5 Å². The summed E-state index contributed by atoms with van der Waals surface area (Å²) >= 11 is 0. The second kappa shape index (κ2) is 6.78. The highest BCUT2D eigenvalue weighted by molar-refractivity contribution is 6.04. The van der Waals surface area contributed by atoms with Crippen molar-refractivity contribution in [2.45, 2.75) is 6.54 Å². The first-order valence-corrected chi connectivity index (χ1v) is 8.23. The van der Waals surface area contributed by atoms with Gasteiger partial charge in [0.25, 0.3) is 5.91 Å². The minimum atomic E-state index is -0.160. The van der Waals surface area contributed by atoms with Crippen molar-refractivity contribution >= 4 is 22.6 Å². The van der Waals surface area contributed by atoms with Gasteiger partial charge in [-0.05, 0) is 36.4 Å². The number of pyridine rings is 1. The fraction of sp³-hybridized carbons (Fsp3) is 0.0500. The van der Waals surface area contributed by atoms with E-state index in [4.69, 9.17) is 5.73 Å². The van der Waals surface area contributed by atoms with Crippen LogP contribution >= 0.6 is 0 Å². The summed E-state index contributed by atoms with van der Waals surface area (Å²) in [5.74, 6) is -0.160. The molecular weight excluding hydrogens is 326 g/mol.